The van der Waals surface area contributed by atoms with Crippen molar-refractivity contribution in [1.82, 2.24) is 14.8 Å². The predicted molar refractivity (Wildman–Crippen MR) is 135 cm³/mol. The van der Waals surface area contributed by atoms with Gasteiger partial charge in [0.05, 0.1) is 27.8 Å². The van der Waals surface area contributed by atoms with E-state index in [2.05, 4.69) is 35.3 Å². The molecule has 2 amide bonds. The fourth-order valence-electron chi connectivity index (χ4n) is 4.51. The number of carbonyl (C=O) groups excluding carboxylic acids is 2. The van der Waals surface area contributed by atoms with Gasteiger partial charge in [-0.25, -0.2) is 4.98 Å². The molecule has 6 nitrogen and oxygen atoms in total. The van der Waals surface area contributed by atoms with E-state index >= 15 is 0 Å². The molecule has 1 aliphatic heterocycles. The van der Waals surface area contributed by atoms with Gasteiger partial charge in [0.2, 0.25) is 11.8 Å². The first-order valence-corrected chi connectivity index (χ1v) is 12.5. The molecule has 0 radical (unpaired) electrons. The van der Waals surface area contributed by atoms with Crippen LogP contribution < -0.4 is 5.32 Å². The van der Waals surface area contributed by atoms with E-state index < -0.39 is 0 Å². The SMILES string of the molecule is CCc1ccccc1NC(=O)CN(C)C(=O)C(C)N1CCC(c2nc3ccccc3s2)CC1. The normalized spacial score (nSPS) is 16.0. The molecule has 0 spiro atoms. The van der Waals surface area contributed by atoms with Crippen molar-refractivity contribution in [3.05, 3.63) is 59.1 Å². The maximum absolute atomic E-state index is 13.0. The van der Waals surface area contributed by atoms with E-state index in [1.165, 1.54) is 14.6 Å². The van der Waals surface area contributed by atoms with E-state index in [1.807, 2.05) is 37.3 Å². The summed E-state index contributed by atoms with van der Waals surface area (Å²) < 4.78 is 1.24. The number of likely N-dealkylation sites (tertiary alicyclic amines) is 1. The molecule has 0 bridgehead atoms. The summed E-state index contributed by atoms with van der Waals surface area (Å²) in [6.07, 6.45) is 2.83. The number of likely N-dealkylation sites (N-methyl/N-ethyl adjacent to an activating group) is 1. The van der Waals surface area contributed by atoms with E-state index in [1.54, 1.807) is 18.4 Å². The quantitative estimate of drug-likeness (QED) is 0.558. The number of para-hydroxylation sites is 2. The molecule has 0 aliphatic carbocycles. The molecule has 33 heavy (non-hydrogen) atoms. The molecule has 2 heterocycles. The molecule has 1 aliphatic rings. The highest BCUT2D eigenvalue weighted by atomic mass is 32.1. The van der Waals surface area contributed by atoms with Crippen LogP contribution in [0.25, 0.3) is 10.2 Å². The van der Waals surface area contributed by atoms with Gasteiger partial charge < -0.3 is 10.2 Å². The highest BCUT2D eigenvalue weighted by molar-refractivity contribution is 7.18. The van der Waals surface area contributed by atoms with Gasteiger partial charge in [0.1, 0.15) is 0 Å². The van der Waals surface area contributed by atoms with Crippen molar-refractivity contribution in [2.45, 2.75) is 45.1 Å². The Morgan fingerprint density at radius 3 is 2.58 bits per heavy atom. The standard InChI is InChI=1S/C26H32N4O2S/c1-4-19-9-5-6-10-21(19)27-24(31)17-29(3)26(32)18(2)30-15-13-20(14-16-30)25-28-22-11-7-8-12-23(22)33-25/h5-12,18,20H,4,13-17H2,1-3H3,(H,27,31). The Morgan fingerprint density at radius 2 is 1.85 bits per heavy atom. The van der Waals surface area contributed by atoms with Crippen LogP contribution in [0.15, 0.2) is 48.5 Å². The van der Waals surface area contributed by atoms with Gasteiger partial charge >= 0.3 is 0 Å². The van der Waals surface area contributed by atoms with Crippen LogP contribution in [0.4, 0.5) is 5.69 Å². The van der Waals surface area contributed by atoms with Gasteiger partial charge in [0.15, 0.2) is 0 Å². The van der Waals surface area contributed by atoms with Crippen molar-refractivity contribution in [3.8, 4) is 0 Å². The fourth-order valence-corrected chi connectivity index (χ4v) is 5.64. The topological polar surface area (TPSA) is 65.5 Å². The van der Waals surface area contributed by atoms with Gasteiger partial charge in [-0.3, -0.25) is 14.5 Å². The summed E-state index contributed by atoms with van der Waals surface area (Å²) in [6.45, 7) is 5.77. The predicted octanol–water partition coefficient (Wildman–Crippen LogP) is 4.52. The molecular formula is C26H32N4O2S. The minimum absolute atomic E-state index is 0.0210. The monoisotopic (exact) mass is 464 g/mol. The number of rotatable bonds is 7. The number of thiazole rings is 1. The molecule has 3 aromatic rings. The Kier molecular flexibility index (Phi) is 7.40. The molecule has 7 heteroatoms. The Morgan fingerprint density at radius 1 is 1.15 bits per heavy atom. The van der Waals surface area contributed by atoms with E-state index in [9.17, 15) is 9.59 Å². The number of aryl methyl sites for hydroxylation is 1. The molecular weight excluding hydrogens is 432 g/mol. The Balaban J connectivity index is 1.29. The molecule has 0 saturated carbocycles. The number of hydrogen-bond donors (Lipinski definition) is 1. The molecule has 1 aromatic heterocycles. The maximum atomic E-state index is 13.0. The van der Waals surface area contributed by atoms with Crippen LogP contribution in [-0.2, 0) is 16.0 Å². The van der Waals surface area contributed by atoms with Gasteiger partial charge in [-0.05, 0) is 63.0 Å². The summed E-state index contributed by atoms with van der Waals surface area (Å²) in [6, 6.07) is 15.8. The number of amides is 2. The fraction of sp³-hybridized carbons (Fsp3) is 0.423. The second-order valence-electron chi connectivity index (χ2n) is 8.76. The summed E-state index contributed by atoms with van der Waals surface area (Å²) in [5.41, 5.74) is 2.98. The van der Waals surface area contributed by atoms with Crippen molar-refractivity contribution >= 4 is 39.1 Å². The first-order chi connectivity index (χ1) is 16.0. The maximum Gasteiger partial charge on any atom is 0.243 e. The molecule has 1 atom stereocenters. The zero-order chi connectivity index (χ0) is 23.4. The van der Waals surface area contributed by atoms with Gasteiger partial charge in [-0.2, -0.15) is 0 Å². The van der Waals surface area contributed by atoms with Gasteiger partial charge in [-0.1, -0.05) is 37.3 Å². The molecule has 174 valence electrons. The number of anilines is 1. The molecule has 1 fully saturated rings. The third kappa shape index (κ3) is 5.42. The zero-order valence-corrected chi connectivity index (χ0v) is 20.4. The van der Waals surface area contributed by atoms with Crippen LogP contribution in [-0.4, -0.2) is 59.3 Å². The van der Waals surface area contributed by atoms with Crippen molar-refractivity contribution in [2.24, 2.45) is 0 Å². The van der Waals surface area contributed by atoms with Crippen molar-refractivity contribution in [2.75, 3.05) is 32.0 Å². The summed E-state index contributed by atoms with van der Waals surface area (Å²) in [4.78, 5) is 34.2. The van der Waals surface area contributed by atoms with Crippen LogP contribution in [0.2, 0.25) is 0 Å². The number of hydrogen-bond acceptors (Lipinski definition) is 5. The third-order valence-electron chi connectivity index (χ3n) is 6.52. The van der Waals surface area contributed by atoms with Gasteiger partial charge in [0, 0.05) is 18.7 Å². The van der Waals surface area contributed by atoms with Gasteiger partial charge in [0.25, 0.3) is 0 Å². The second kappa shape index (κ2) is 10.4. The third-order valence-corrected chi connectivity index (χ3v) is 7.72. The summed E-state index contributed by atoms with van der Waals surface area (Å²) >= 11 is 1.79. The van der Waals surface area contributed by atoms with Crippen molar-refractivity contribution in [3.63, 3.8) is 0 Å². The zero-order valence-electron chi connectivity index (χ0n) is 19.6. The minimum atomic E-state index is -0.248. The Labute approximate surface area is 199 Å². The van der Waals surface area contributed by atoms with E-state index in [0.29, 0.717) is 5.92 Å². The smallest absolute Gasteiger partial charge is 0.243 e. The molecule has 1 saturated heterocycles. The number of fused-ring (bicyclic) bond motifs is 1. The minimum Gasteiger partial charge on any atom is -0.335 e. The lowest BCUT2D eigenvalue weighted by Crippen LogP contribution is -2.49. The lowest BCUT2D eigenvalue weighted by molar-refractivity contribution is -0.138. The Bertz CT molecular complexity index is 1090. The summed E-state index contributed by atoms with van der Waals surface area (Å²) in [5.74, 6) is 0.254. The van der Waals surface area contributed by atoms with Crippen LogP contribution in [0.1, 0.15) is 43.2 Å². The molecule has 1 N–H and O–H groups in total. The molecule has 1 unspecified atom stereocenters. The lowest BCUT2D eigenvalue weighted by atomic mass is 9.96. The van der Waals surface area contributed by atoms with Crippen LogP contribution >= 0.6 is 11.3 Å². The number of piperidine rings is 1. The first kappa shape index (κ1) is 23.4. The highest BCUT2D eigenvalue weighted by Gasteiger charge is 2.30. The molecule has 2 aromatic carbocycles. The number of nitrogens with one attached hydrogen (secondary N) is 1. The number of benzene rings is 2. The highest BCUT2D eigenvalue weighted by Crippen LogP contribution is 2.34. The first-order valence-electron chi connectivity index (χ1n) is 11.7. The van der Waals surface area contributed by atoms with Crippen LogP contribution in [0.5, 0.6) is 0 Å². The van der Waals surface area contributed by atoms with E-state index in [0.717, 1.165) is 49.1 Å². The number of nitrogens with zero attached hydrogens (tertiary/aromatic N) is 3. The Hall–Kier alpha value is -2.77. The average molecular weight is 465 g/mol. The van der Waals surface area contributed by atoms with Crippen molar-refractivity contribution < 1.29 is 9.59 Å². The lowest BCUT2D eigenvalue weighted by Gasteiger charge is -2.36. The summed E-state index contributed by atoms with van der Waals surface area (Å²) in [5, 5.41) is 4.15. The average Bonchev–Trinajstić information content (AvgIpc) is 3.28. The van der Waals surface area contributed by atoms with Crippen LogP contribution in [0, 0.1) is 0 Å². The second-order valence-corrected chi connectivity index (χ2v) is 9.82. The van der Waals surface area contributed by atoms with Crippen LogP contribution in [0.3, 0.4) is 0 Å². The number of aromatic nitrogens is 1. The van der Waals surface area contributed by atoms with Crippen molar-refractivity contribution in [1.29, 1.82) is 0 Å². The van der Waals surface area contributed by atoms with E-state index in [4.69, 9.17) is 4.98 Å². The summed E-state index contributed by atoms with van der Waals surface area (Å²) in [7, 11) is 1.71. The largest absolute Gasteiger partial charge is 0.335 e. The van der Waals surface area contributed by atoms with Gasteiger partial charge in [-0.15, -0.1) is 11.3 Å². The van der Waals surface area contributed by atoms with E-state index in [-0.39, 0.29) is 24.4 Å². The molecule has 4 rings (SSSR count). The number of carbonyl (C=O) groups is 2.